The number of benzene rings is 2. The summed E-state index contributed by atoms with van der Waals surface area (Å²) in [7, 11) is 0. The molecule has 8 heteroatoms. The van der Waals surface area contributed by atoms with Gasteiger partial charge in [0.25, 0.3) is 0 Å². The molecule has 3 aromatic heterocycles. The molecular formula is C30H38N6OS. The Morgan fingerprint density at radius 1 is 1.00 bits per heavy atom. The predicted molar refractivity (Wildman–Crippen MR) is 158 cm³/mol. The zero-order valence-electron chi connectivity index (χ0n) is 22.5. The molecule has 0 saturated carbocycles. The minimum atomic E-state index is -0.222. The number of aromatic nitrogens is 3. The molecule has 2 aromatic carbocycles. The normalized spacial score (nSPS) is 12.6. The first kappa shape index (κ1) is 26.6. The fraction of sp³-hybridized carbons (Fsp3) is 0.367. The Bertz CT molecular complexity index is 1500. The Morgan fingerprint density at radius 3 is 2.63 bits per heavy atom. The van der Waals surface area contributed by atoms with Gasteiger partial charge in [0.1, 0.15) is 6.23 Å². The molecule has 38 heavy (non-hydrogen) atoms. The second-order valence-corrected chi connectivity index (χ2v) is 10.8. The Hall–Kier alpha value is -3.01. The van der Waals surface area contributed by atoms with Crippen LogP contribution in [0.1, 0.15) is 30.5 Å². The SMILES string of the molecule is CCn1c2ccc(CNCCn3cc(CNCCOC(C)N)cn3)cc2c2ccc(-c3cc(C)cs3)cc21. The average molecular weight is 531 g/mol. The summed E-state index contributed by atoms with van der Waals surface area (Å²) in [6.45, 7) is 11.8. The van der Waals surface area contributed by atoms with Crippen LogP contribution in [-0.2, 0) is 30.9 Å². The van der Waals surface area contributed by atoms with Crippen LogP contribution >= 0.6 is 11.3 Å². The van der Waals surface area contributed by atoms with Crippen molar-refractivity contribution in [1.82, 2.24) is 25.0 Å². The Balaban J connectivity index is 1.19. The summed E-state index contributed by atoms with van der Waals surface area (Å²) in [5.41, 5.74) is 13.3. The van der Waals surface area contributed by atoms with Crippen LogP contribution in [0.15, 0.2) is 60.2 Å². The van der Waals surface area contributed by atoms with E-state index in [1.165, 1.54) is 48.9 Å². The van der Waals surface area contributed by atoms with Gasteiger partial charge in [-0.1, -0.05) is 18.2 Å². The maximum atomic E-state index is 5.59. The third-order valence-electron chi connectivity index (χ3n) is 6.78. The minimum Gasteiger partial charge on any atom is -0.363 e. The van der Waals surface area contributed by atoms with Crippen molar-refractivity contribution in [2.24, 2.45) is 5.73 Å². The van der Waals surface area contributed by atoms with Gasteiger partial charge in [0.2, 0.25) is 0 Å². The lowest BCUT2D eigenvalue weighted by molar-refractivity contribution is 0.0725. The number of nitrogens with zero attached hydrogens (tertiary/aromatic N) is 3. The van der Waals surface area contributed by atoms with E-state index in [0.29, 0.717) is 6.61 Å². The van der Waals surface area contributed by atoms with E-state index in [0.717, 1.165) is 39.3 Å². The van der Waals surface area contributed by atoms with Gasteiger partial charge in [-0.2, -0.15) is 5.10 Å². The van der Waals surface area contributed by atoms with E-state index >= 15 is 0 Å². The van der Waals surface area contributed by atoms with E-state index in [9.17, 15) is 0 Å². The van der Waals surface area contributed by atoms with Crippen LogP contribution in [0.4, 0.5) is 0 Å². The molecule has 0 saturated heterocycles. The maximum absolute atomic E-state index is 5.59. The van der Waals surface area contributed by atoms with Gasteiger partial charge in [0.05, 0.1) is 19.3 Å². The zero-order valence-corrected chi connectivity index (χ0v) is 23.4. The van der Waals surface area contributed by atoms with Gasteiger partial charge >= 0.3 is 0 Å². The highest BCUT2D eigenvalue weighted by Gasteiger charge is 2.12. The highest BCUT2D eigenvalue weighted by molar-refractivity contribution is 7.13. The second kappa shape index (κ2) is 12.2. The van der Waals surface area contributed by atoms with Crippen molar-refractivity contribution in [2.75, 3.05) is 19.7 Å². The molecule has 1 atom stereocenters. The van der Waals surface area contributed by atoms with E-state index in [1.54, 1.807) is 0 Å². The lowest BCUT2D eigenvalue weighted by Gasteiger charge is -2.08. The zero-order chi connectivity index (χ0) is 26.5. The van der Waals surface area contributed by atoms with Crippen molar-refractivity contribution >= 4 is 33.1 Å². The Morgan fingerprint density at radius 2 is 1.84 bits per heavy atom. The molecule has 3 heterocycles. The van der Waals surface area contributed by atoms with Gasteiger partial charge in [-0.05, 0) is 67.1 Å². The number of nitrogens with two attached hydrogens (primary N) is 1. The standard InChI is InChI=1S/C30H38N6OS/c1-4-36-28-8-5-23(14-27(28)26-7-6-25(15-29(26)36)30-13-21(2)20-38-30)16-32-9-11-35-19-24(18-34-35)17-33-10-12-37-22(3)31/h5-8,13-15,18-20,22,32-33H,4,9-12,16-17,31H2,1-3H3. The molecule has 4 N–H and O–H groups in total. The van der Waals surface area contributed by atoms with Crippen LogP contribution in [-0.4, -0.2) is 40.3 Å². The molecule has 5 rings (SSSR count). The summed E-state index contributed by atoms with van der Waals surface area (Å²) in [6.07, 6.45) is 3.79. The molecule has 0 aliphatic rings. The monoisotopic (exact) mass is 530 g/mol. The fourth-order valence-corrected chi connectivity index (χ4v) is 5.83. The molecule has 1 unspecified atom stereocenters. The number of hydrogen-bond acceptors (Lipinski definition) is 6. The molecule has 0 fully saturated rings. The number of fused-ring (bicyclic) bond motifs is 3. The first-order chi connectivity index (χ1) is 18.5. The van der Waals surface area contributed by atoms with Crippen LogP contribution in [0.5, 0.6) is 0 Å². The average Bonchev–Trinajstić information content (AvgIpc) is 3.63. The lowest BCUT2D eigenvalue weighted by Crippen LogP contribution is -2.25. The number of nitrogens with one attached hydrogen (secondary N) is 2. The van der Waals surface area contributed by atoms with E-state index < -0.39 is 0 Å². The quantitative estimate of drug-likeness (QED) is 0.143. The van der Waals surface area contributed by atoms with Crippen molar-refractivity contribution < 1.29 is 4.74 Å². The molecule has 0 spiro atoms. The van der Waals surface area contributed by atoms with Crippen LogP contribution in [0.2, 0.25) is 0 Å². The minimum absolute atomic E-state index is 0.222. The first-order valence-electron chi connectivity index (χ1n) is 13.4. The topological polar surface area (TPSA) is 82.1 Å². The number of aryl methyl sites for hydroxylation is 2. The number of hydrogen-bond donors (Lipinski definition) is 3. The van der Waals surface area contributed by atoms with Crippen LogP contribution in [0, 0.1) is 6.92 Å². The Labute approximate surface area is 228 Å². The molecule has 0 aliphatic heterocycles. The Kier molecular flexibility index (Phi) is 8.56. The molecular weight excluding hydrogens is 492 g/mol. The van der Waals surface area contributed by atoms with Gasteiger partial charge in [-0.3, -0.25) is 4.68 Å². The van der Waals surface area contributed by atoms with E-state index in [2.05, 4.69) is 88.2 Å². The number of rotatable bonds is 13. The van der Waals surface area contributed by atoms with Crippen molar-refractivity contribution in [3.63, 3.8) is 0 Å². The van der Waals surface area contributed by atoms with Crippen molar-refractivity contribution in [2.45, 2.75) is 53.2 Å². The number of ether oxygens (including phenoxy) is 1. The maximum Gasteiger partial charge on any atom is 0.102 e. The summed E-state index contributed by atoms with van der Waals surface area (Å²) in [4.78, 5) is 1.33. The highest BCUT2D eigenvalue weighted by Crippen LogP contribution is 2.35. The van der Waals surface area contributed by atoms with E-state index in [4.69, 9.17) is 10.5 Å². The fourth-order valence-electron chi connectivity index (χ4n) is 4.93. The van der Waals surface area contributed by atoms with Crippen molar-refractivity contribution in [1.29, 1.82) is 0 Å². The molecule has 0 radical (unpaired) electrons. The molecule has 5 aromatic rings. The molecule has 7 nitrogen and oxygen atoms in total. The van der Waals surface area contributed by atoms with E-state index in [1.807, 2.05) is 29.1 Å². The van der Waals surface area contributed by atoms with Gasteiger partial charge in [-0.15, -0.1) is 11.3 Å². The summed E-state index contributed by atoms with van der Waals surface area (Å²) in [5.74, 6) is 0. The largest absolute Gasteiger partial charge is 0.363 e. The molecule has 0 aliphatic carbocycles. The second-order valence-electron chi connectivity index (χ2n) is 9.86. The number of thiophene rings is 1. The molecule has 0 bridgehead atoms. The van der Waals surface area contributed by atoms with Gasteiger partial charge < -0.3 is 25.7 Å². The smallest absolute Gasteiger partial charge is 0.102 e. The summed E-state index contributed by atoms with van der Waals surface area (Å²) in [5, 5.41) is 16.3. The van der Waals surface area contributed by atoms with E-state index in [-0.39, 0.29) is 6.23 Å². The van der Waals surface area contributed by atoms with Crippen molar-refractivity contribution in [3.8, 4) is 10.4 Å². The van der Waals surface area contributed by atoms with Gasteiger partial charge in [0, 0.05) is 71.2 Å². The molecule has 200 valence electrons. The van der Waals surface area contributed by atoms with Crippen LogP contribution in [0.25, 0.3) is 32.2 Å². The summed E-state index contributed by atoms with van der Waals surface area (Å²) < 4.78 is 9.77. The van der Waals surface area contributed by atoms with Crippen molar-refractivity contribution in [3.05, 3.63) is 76.9 Å². The lowest BCUT2D eigenvalue weighted by atomic mass is 10.1. The van der Waals surface area contributed by atoms with Crippen LogP contribution < -0.4 is 16.4 Å². The highest BCUT2D eigenvalue weighted by atomic mass is 32.1. The first-order valence-corrected chi connectivity index (χ1v) is 14.3. The summed E-state index contributed by atoms with van der Waals surface area (Å²) >= 11 is 1.82. The van der Waals surface area contributed by atoms with Crippen LogP contribution in [0.3, 0.4) is 0 Å². The third kappa shape index (κ3) is 6.17. The van der Waals surface area contributed by atoms with Gasteiger partial charge in [0.15, 0.2) is 0 Å². The predicted octanol–water partition coefficient (Wildman–Crippen LogP) is 5.25. The molecule has 0 amide bonds. The third-order valence-corrected chi connectivity index (χ3v) is 7.88. The van der Waals surface area contributed by atoms with Gasteiger partial charge in [-0.25, -0.2) is 0 Å². The summed E-state index contributed by atoms with van der Waals surface area (Å²) in [6, 6.07) is 16.0.